The summed E-state index contributed by atoms with van der Waals surface area (Å²) in [5, 5.41) is 0. The summed E-state index contributed by atoms with van der Waals surface area (Å²) in [6, 6.07) is 54.0. The van der Waals surface area contributed by atoms with Gasteiger partial charge in [-0.05, 0) is 62.4 Å². The molecule has 432 valence electrons. The first-order valence-electron chi connectivity index (χ1n) is 27.9. The van der Waals surface area contributed by atoms with E-state index in [4.69, 9.17) is 66.3 Å². The van der Waals surface area contributed by atoms with Gasteiger partial charge in [-0.3, -0.25) is 0 Å². The Bertz CT molecular complexity index is 2670. The number of hydrogen-bond donors (Lipinski definition) is 0. The van der Waals surface area contributed by atoms with Crippen molar-refractivity contribution in [2.75, 3.05) is 119 Å². The third-order valence-electron chi connectivity index (χ3n) is 14.2. The lowest BCUT2D eigenvalue weighted by Gasteiger charge is -2.36. The van der Waals surface area contributed by atoms with Crippen molar-refractivity contribution < 1.29 is 75.9 Å². The van der Waals surface area contributed by atoms with Gasteiger partial charge in [0, 0.05) is 22.3 Å². The Morgan fingerprint density at radius 1 is 0.293 bits per heavy atom. The van der Waals surface area contributed by atoms with Crippen LogP contribution in [0.15, 0.2) is 193 Å². The first kappa shape index (κ1) is 58.9. The Balaban J connectivity index is 0.813. The average Bonchev–Trinajstić information content (AvgIpc) is 2.42. The molecule has 16 nitrogen and oxygen atoms in total. The van der Waals surface area contributed by atoms with Crippen LogP contribution in [0, 0.1) is 11.8 Å². The quantitative estimate of drug-likeness (QED) is 0.153. The molecule has 6 heterocycles. The highest BCUT2D eigenvalue weighted by Crippen LogP contribution is 2.53. The SMILES string of the molecule is CC1=C2C(=O)OCCOCCOc3ccc(cc3)OCCOCCOC(=O)C3=C(C)OC(c4ccccc4)(c4ccccc4)C3COCCOCCOc3ccc(cc3)OCCOCCOCC2C(c2ccccc2)(c2ccccc2)O1. The molecule has 0 saturated carbocycles. The molecular weight excluding hydrogens is 1050 g/mol. The lowest BCUT2D eigenvalue weighted by atomic mass is 9.74. The molecule has 6 aliphatic heterocycles. The third-order valence-corrected chi connectivity index (χ3v) is 14.2. The van der Waals surface area contributed by atoms with Crippen LogP contribution in [0.4, 0.5) is 0 Å². The molecule has 16 heteroatoms. The zero-order chi connectivity index (χ0) is 56.7. The van der Waals surface area contributed by atoms with E-state index in [1.807, 2.05) is 146 Å². The lowest BCUT2D eigenvalue weighted by molar-refractivity contribution is -0.142. The number of carbonyl (C=O) groups excluding carboxylic acids is 2. The number of ether oxygens (including phenoxy) is 14. The van der Waals surface area contributed by atoms with Crippen molar-refractivity contribution in [2.24, 2.45) is 11.8 Å². The Morgan fingerprint density at radius 3 is 0.793 bits per heavy atom. The Morgan fingerprint density at radius 2 is 0.524 bits per heavy atom. The zero-order valence-electron chi connectivity index (χ0n) is 46.6. The van der Waals surface area contributed by atoms with Gasteiger partial charge in [0.05, 0.1) is 102 Å². The van der Waals surface area contributed by atoms with Crippen molar-refractivity contribution in [2.45, 2.75) is 25.0 Å². The normalized spacial score (nSPS) is 20.8. The van der Waals surface area contributed by atoms with Crippen molar-refractivity contribution in [1.82, 2.24) is 0 Å². The van der Waals surface area contributed by atoms with E-state index in [0.717, 1.165) is 22.3 Å². The second kappa shape index (κ2) is 30.4. The van der Waals surface area contributed by atoms with Gasteiger partial charge in [0.2, 0.25) is 0 Å². The van der Waals surface area contributed by atoms with E-state index in [1.54, 1.807) is 38.1 Å². The molecule has 0 radical (unpaired) electrons. The molecular formula is C66H72O16. The second-order valence-corrected chi connectivity index (χ2v) is 19.4. The van der Waals surface area contributed by atoms with Crippen LogP contribution in [0.3, 0.4) is 0 Å². The Kier molecular flexibility index (Phi) is 21.8. The third kappa shape index (κ3) is 15.0. The van der Waals surface area contributed by atoms with Crippen molar-refractivity contribution in [3.05, 3.63) is 215 Å². The molecule has 0 N–H and O–H groups in total. The molecule has 0 aromatic heterocycles. The van der Waals surface area contributed by atoms with Gasteiger partial charge in [-0.2, -0.15) is 0 Å². The molecule has 6 aromatic rings. The van der Waals surface area contributed by atoms with Crippen molar-refractivity contribution in [1.29, 1.82) is 0 Å². The minimum Gasteiger partial charge on any atom is -0.491 e. The second-order valence-electron chi connectivity index (χ2n) is 19.4. The molecule has 0 spiro atoms. The largest absolute Gasteiger partial charge is 0.491 e. The van der Waals surface area contributed by atoms with E-state index in [2.05, 4.69) is 0 Å². The lowest BCUT2D eigenvalue weighted by Crippen LogP contribution is -2.39. The van der Waals surface area contributed by atoms with Crippen molar-refractivity contribution >= 4 is 11.9 Å². The standard InChI is InChI=1S/C66H72O16/c1-49-61-59(65(81-49,51-15-7-3-8-16-51)52-17-9-4-10-18-52)47-73-33-31-69-35-41-75-55-23-25-56(26-24-55)76-42-36-70-32-34-74-48-60-62(50(2)82-66(60,53-19-11-5-12-20-53)54-21-13-6-14-22-54)64(68)80-46-40-72-38-44-78-58-29-27-57(28-30-58)77-43-37-71-39-45-79-63(61)67/h3-30,59-60H,31-48H2,1-2H3. The number of esters is 2. The highest BCUT2D eigenvalue weighted by Gasteiger charge is 2.55. The maximum absolute atomic E-state index is 14.0. The minimum atomic E-state index is -1.06. The molecule has 0 fully saturated rings. The fourth-order valence-corrected chi connectivity index (χ4v) is 10.4. The molecule has 2 unspecified atom stereocenters. The minimum absolute atomic E-state index is 0.0195. The molecule has 0 saturated heterocycles. The van der Waals surface area contributed by atoms with Gasteiger partial charge in [0.25, 0.3) is 0 Å². The molecule has 12 rings (SSSR count). The van der Waals surface area contributed by atoms with Crippen molar-refractivity contribution in [3.8, 4) is 23.0 Å². The van der Waals surface area contributed by atoms with E-state index in [1.165, 1.54) is 0 Å². The van der Waals surface area contributed by atoms with E-state index in [-0.39, 0.29) is 79.3 Å². The average molecular weight is 1120 g/mol. The van der Waals surface area contributed by atoms with E-state index in [9.17, 15) is 9.59 Å². The van der Waals surface area contributed by atoms with Crippen LogP contribution < -0.4 is 18.9 Å². The summed E-state index contributed by atoms with van der Waals surface area (Å²) < 4.78 is 85.0. The van der Waals surface area contributed by atoms with Crippen LogP contribution >= 0.6 is 0 Å². The van der Waals surface area contributed by atoms with Gasteiger partial charge >= 0.3 is 11.9 Å². The summed E-state index contributed by atoms with van der Waals surface area (Å²) in [5.41, 5.74) is 2.18. The number of hydrogen-bond acceptors (Lipinski definition) is 16. The van der Waals surface area contributed by atoms with Crippen LogP contribution in [-0.4, -0.2) is 131 Å². The number of rotatable bonds is 4. The summed E-state index contributed by atoms with van der Waals surface area (Å²) in [5.74, 6) is 1.39. The first-order valence-corrected chi connectivity index (χ1v) is 27.9. The molecule has 4 bridgehead atoms. The van der Waals surface area contributed by atoms with E-state index >= 15 is 0 Å². The topological polar surface area (TPSA) is 163 Å². The molecule has 6 aliphatic rings. The highest BCUT2D eigenvalue weighted by molar-refractivity contribution is 5.91. The number of allylic oxidation sites excluding steroid dienone is 2. The maximum Gasteiger partial charge on any atom is 0.338 e. The van der Waals surface area contributed by atoms with Crippen LogP contribution in [0.1, 0.15) is 36.1 Å². The molecule has 2 atom stereocenters. The zero-order valence-corrected chi connectivity index (χ0v) is 46.6. The van der Waals surface area contributed by atoms with Gasteiger partial charge in [-0.15, -0.1) is 0 Å². The van der Waals surface area contributed by atoms with Gasteiger partial charge in [-0.25, -0.2) is 9.59 Å². The van der Waals surface area contributed by atoms with E-state index in [0.29, 0.717) is 85.3 Å². The monoisotopic (exact) mass is 1120 g/mol. The molecule has 0 amide bonds. The van der Waals surface area contributed by atoms with Crippen LogP contribution in [0.25, 0.3) is 0 Å². The Labute approximate surface area is 479 Å². The summed E-state index contributed by atoms with van der Waals surface area (Å²) in [4.78, 5) is 28.1. The van der Waals surface area contributed by atoms with Crippen LogP contribution in [0.2, 0.25) is 0 Å². The number of carbonyl (C=O) groups is 2. The van der Waals surface area contributed by atoms with Crippen LogP contribution in [0.5, 0.6) is 23.0 Å². The van der Waals surface area contributed by atoms with E-state index < -0.39 is 35.0 Å². The summed E-state index contributed by atoms with van der Waals surface area (Å²) in [6.07, 6.45) is 0. The summed E-state index contributed by atoms with van der Waals surface area (Å²) >= 11 is 0. The maximum atomic E-state index is 14.0. The molecule has 82 heavy (non-hydrogen) atoms. The fourth-order valence-electron chi connectivity index (χ4n) is 10.4. The molecule has 6 aromatic carbocycles. The predicted molar refractivity (Wildman–Crippen MR) is 304 cm³/mol. The van der Waals surface area contributed by atoms with Gasteiger partial charge < -0.3 is 66.3 Å². The van der Waals surface area contributed by atoms with Gasteiger partial charge in [0.1, 0.15) is 74.2 Å². The summed E-state index contributed by atoms with van der Waals surface area (Å²) in [7, 11) is 0. The van der Waals surface area contributed by atoms with Gasteiger partial charge in [-0.1, -0.05) is 121 Å². The van der Waals surface area contributed by atoms with Crippen molar-refractivity contribution in [3.63, 3.8) is 0 Å². The summed E-state index contributed by atoms with van der Waals surface area (Å²) in [6.45, 7) is 7.75. The Hall–Kier alpha value is -7.70. The predicted octanol–water partition coefficient (Wildman–Crippen LogP) is 9.83. The first-order chi connectivity index (χ1) is 40.4. The number of benzene rings is 6. The molecule has 0 aliphatic carbocycles. The van der Waals surface area contributed by atoms with Gasteiger partial charge in [0.15, 0.2) is 11.2 Å². The smallest absolute Gasteiger partial charge is 0.338 e. The fraction of sp³-hybridized carbons (Fsp3) is 0.364. The highest BCUT2D eigenvalue weighted by atomic mass is 16.6. The van der Waals surface area contributed by atoms with Crippen LogP contribution in [-0.2, 0) is 68.2 Å².